The summed E-state index contributed by atoms with van der Waals surface area (Å²) >= 11 is 4.01. The molecule has 0 saturated carbocycles. The van der Waals surface area contributed by atoms with E-state index in [0.717, 1.165) is 32.4 Å². The summed E-state index contributed by atoms with van der Waals surface area (Å²) in [4.78, 5) is 19.2. The molecule has 1 unspecified atom stereocenters. The molecule has 0 bridgehead atoms. The average Bonchev–Trinajstić information content (AvgIpc) is 3.46. The smallest absolute Gasteiger partial charge is 0.271 e. The number of aryl methyl sites for hydroxylation is 1. The predicted octanol–water partition coefficient (Wildman–Crippen LogP) is 6.10. The van der Waals surface area contributed by atoms with E-state index in [1.807, 2.05) is 44.2 Å². The van der Waals surface area contributed by atoms with E-state index in [4.69, 9.17) is 0 Å². The summed E-state index contributed by atoms with van der Waals surface area (Å²) in [6, 6.07) is 20.1. The van der Waals surface area contributed by atoms with E-state index in [1.54, 1.807) is 41.8 Å². The fourth-order valence-electron chi connectivity index (χ4n) is 3.00. The van der Waals surface area contributed by atoms with E-state index in [1.165, 1.54) is 23.1 Å². The molecule has 4 rings (SSSR count). The lowest BCUT2D eigenvalue weighted by molar-refractivity contribution is -0.115. The number of anilines is 2. The number of nitrogens with one attached hydrogen (secondary N) is 2. The Morgan fingerprint density at radius 2 is 1.76 bits per heavy atom. The number of hydrogen-bond donors (Lipinski definition) is 2. The second-order valence-electron chi connectivity index (χ2n) is 7.10. The van der Waals surface area contributed by atoms with Gasteiger partial charge in [0.1, 0.15) is 4.21 Å². The molecule has 1 amide bonds. The highest BCUT2D eigenvalue weighted by Crippen LogP contribution is 2.31. The van der Waals surface area contributed by atoms with Crippen molar-refractivity contribution in [1.29, 1.82) is 0 Å². The van der Waals surface area contributed by atoms with Crippen molar-refractivity contribution in [3.63, 3.8) is 0 Å². The van der Waals surface area contributed by atoms with Gasteiger partial charge in [0, 0.05) is 21.0 Å². The van der Waals surface area contributed by atoms with Crippen LogP contribution in [0.4, 0.5) is 10.8 Å². The first-order valence-corrected chi connectivity index (χ1v) is 14.0. The van der Waals surface area contributed by atoms with Crippen LogP contribution in [0.2, 0.25) is 0 Å². The minimum absolute atomic E-state index is 0.143. The number of carbonyl (C=O) groups excluding carboxylic acids is 1. The summed E-state index contributed by atoms with van der Waals surface area (Å²) < 4.78 is 27.5. The fourth-order valence-corrected chi connectivity index (χ4v) is 6.76. The van der Waals surface area contributed by atoms with Crippen molar-refractivity contribution in [2.24, 2.45) is 0 Å². The van der Waals surface area contributed by atoms with Crippen LogP contribution in [0.3, 0.4) is 0 Å². The van der Waals surface area contributed by atoms with E-state index in [-0.39, 0.29) is 15.4 Å². The first-order valence-electron chi connectivity index (χ1n) is 9.98. The molecular weight excluding hydrogens is 495 g/mol. The van der Waals surface area contributed by atoms with E-state index < -0.39 is 10.0 Å². The maximum Gasteiger partial charge on any atom is 0.271 e. The molecule has 1 atom stereocenters. The minimum atomic E-state index is -3.58. The maximum atomic E-state index is 12.7. The zero-order chi connectivity index (χ0) is 23.4. The number of nitrogens with zero attached hydrogens (tertiary/aromatic N) is 1. The molecular formula is C23H21N3O3S4. The van der Waals surface area contributed by atoms with Crippen molar-refractivity contribution in [2.75, 3.05) is 10.0 Å². The third-order valence-corrected chi connectivity index (χ3v) is 9.40. The summed E-state index contributed by atoms with van der Waals surface area (Å²) in [5.41, 5.74) is 2.36. The maximum absolute atomic E-state index is 12.7. The molecule has 0 aliphatic carbocycles. The van der Waals surface area contributed by atoms with Gasteiger partial charge in [0.25, 0.3) is 10.0 Å². The Morgan fingerprint density at radius 1 is 1.03 bits per heavy atom. The van der Waals surface area contributed by atoms with Gasteiger partial charge in [-0.25, -0.2) is 13.4 Å². The molecule has 2 aromatic carbocycles. The Kier molecular flexibility index (Phi) is 7.18. The van der Waals surface area contributed by atoms with E-state index in [9.17, 15) is 13.2 Å². The summed E-state index contributed by atoms with van der Waals surface area (Å²) in [6.45, 7) is 3.81. The Morgan fingerprint density at radius 3 is 2.42 bits per heavy atom. The minimum Gasteiger partial charge on any atom is -0.301 e. The Balaban J connectivity index is 1.36. The number of benzene rings is 2. The lowest BCUT2D eigenvalue weighted by Crippen LogP contribution is -2.22. The molecule has 0 aliphatic heterocycles. The van der Waals surface area contributed by atoms with Crippen LogP contribution in [-0.2, 0) is 14.8 Å². The molecule has 0 fully saturated rings. The number of carbonyl (C=O) groups is 1. The van der Waals surface area contributed by atoms with Gasteiger partial charge in [-0.2, -0.15) is 0 Å². The first-order chi connectivity index (χ1) is 15.8. The average molecular weight is 516 g/mol. The molecule has 2 aromatic heterocycles. The topological polar surface area (TPSA) is 88.2 Å². The van der Waals surface area contributed by atoms with Crippen molar-refractivity contribution in [1.82, 2.24) is 4.98 Å². The molecule has 2 N–H and O–H groups in total. The van der Waals surface area contributed by atoms with Crippen LogP contribution in [0, 0.1) is 6.92 Å². The second-order valence-corrected chi connectivity index (χ2v) is 12.6. The summed E-state index contributed by atoms with van der Waals surface area (Å²) in [5.74, 6) is -0.143. The van der Waals surface area contributed by atoms with Gasteiger partial charge in [-0.1, -0.05) is 36.4 Å². The first kappa shape index (κ1) is 23.5. The van der Waals surface area contributed by atoms with E-state index in [2.05, 4.69) is 15.0 Å². The van der Waals surface area contributed by atoms with Gasteiger partial charge >= 0.3 is 0 Å². The quantitative estimate of drug-likeness (QED) is 0.277. The normalized spacial score (nSPS) is 12.3. The van der Waals surface area contributed by atoms with Crippen LogP contribution in [0.25, 0.3) is 11.3 Å². The van der Waals surface area contributed by atoms with Crippen molar-refractivity contribution < 1.29 is 13.2 Å². The lowest BCUT2D eigenvalue weighted by Gasteiger charge is -2.11. The zero-order valence-corrected chi connectivity index (χ0v) is 21.1. The second kappa shape index (κ2) is 10.1. The summed E-state index contributed by atoms with van der Waals surface area (Å²) in [5, 5.41) is 4.84. The molecule has 2 heterocycles. The van der Waals surface area contributed by atoms with E-state index >= 15 is 0 Å². The van der Waals surface area contributed by atoms with Gasteiger partial charge < -0.3 is 5.32 Å². The Hall–Kier alpha value is -2.66. The highest BCUT2D eigenvalue weighted by Gasteiger charge is 2.19. The number of amides is 1. The van der Waals surface area contributed by atoms with Crippen LogP contribution in [0.1, 0.15) is 11.8 Å². The van der Waals surface area contributed by atoms with Gasteiger partial charge in [-0.05, 0) is 49.6 Å². The number of sulfonamides is 1. The third kappa shape index (κ3) is 5.83. The molecule has 170 valence electrons. The largest absolute Gasteiger partial charge is 0.301 e. The molecule has 10 heteroatoms. The highest BCUT2D eigenvalue weighted by molar-refractivity contribution is 8.00. The molecule has 0 spiro atoms. The van der Waals surface area contributed by atoms with E-state index in [0.29, 0.717) is 10.8 Å². The molecule has 0 radical (unpaired) electrons. The SMILES string of the molecule is Cc1sc(NC(=O)C(C)Sc2ccc(NS(=O)(=O)c3cccs3)cc2)nc1-c1ccccc1. The molecule has 33 heavy (non-hydrogen) atoms. The molecule has 0 aliphatic rings. The monoisotopic (exact) mass is 515 g/mol. The Labute approximate surface area is 205 Å². The van der Waals surface area contributed by atoms with Gasteiger partial charge in [-0.3, -0.25) is 9.52 Å². The van der Waals surface area contributed by atoms with Crippen LogP contribution < -0.4 is 10.0 Å². The number of thiophene rings is 1. The van der Waals surface area contributed by atoms with Crippen molar-refractivity contribution >= 4 is 61.2 Å². The van der Waals surface area contributed by atoms with Crippen molar-refractivity contribution in [3.8, 4) is 11.3 Å². The molecule has 0 saturated heterocycles. The predicted molar refractivity (Wildman–Crippen MR) is 138 cm³/mol. The van der Waals surface area contributed by atoms with Gasteiger partial charge in [0.05, 0.1) is 10.9 Å². The van der Waals surface area contributed by atoms with Crippen LogP contribution >= 0.6 is 34.4 Å². The number of aromatic nitrogens is 1. The lowest BCUT2D eigenvalue weighted by atomic mass is 10.1. The Bertz CT molecular complexity index is 1330. The standard InChI is InChI=1S/C23H21N3O3S4/c1-15-21(17-7-4-3-5-8-17)24-23(32-15)25-22(27)16(2)31-19-12-10-18(11-13-19)26-33(28,29)20-9-6-14-30-20/h3-14,16,26H,1-2H3,(H,24,25,27). The summed E-state index contributed by atoms with van der Waals surface area (Å²) in [7, 11) is -3.58. The highest BCUT2D eigenvalue weighted by atomic mass is 32.2. The van der Waals surface area contributed by atoms with Crippen LogP contribution in [-0.4, -0.2) is 24.6 Å². The number of thioether (sulfide) groups is 1. The number of rotatable bonds is 8. The van der Waals surface area contributed by atoms with Crippen LogP contribution in [0.15, 0.2) is 81.2 Å². The van der Waals surface area contributed by atoms with Gasteiger partial charge in [0.2, 0.25) is 5.91 Å². The molecule has 4 aromatic rings. The van der Waals surface area contributed by atoms with Crippen molar-refractivity contribution in [3.05, 3.63) is 77.0 Å². The van der Waals surface area contributed by atoms with Crippen LogP contribution in [0.5, 0.6) is 0 Å². The summed E-state index contributed by atoms with van der Waals surface area (Å²) in [6.07, 6.45) is 0. The number of thiazole rings is 1. The van der Waals surface area contributed by atoms with Gasteiger partial charge in [0.15, 0.2) is 5.13 Å². The zero-order valence-electron chi connectivity index (χ0n) is 17.8. The fraction of sp³-hybridized carbons (Fsp3) is 0.130. The number of hydrogen-bond acceptors (Lipinski definition) is 7. The van der Waals surface area contributed by atoms with Crippen molar-refractivity contribution in [2.45, 2.75) is 28.2 Å². The third-order valence-electron chi connectivity index (χ3n) is 4.62. The van der Waals surface area contributed by atoms with Gasteiger partial charge in [-0.15, -0.1) is 34.4 Å². The molecule has 6 nitrogen and oxygen atoms in total.